The first-order valence-electron chi connectivity index (χ1n) is 3.46. The zero-order chi connectivity index (χ0) is 8.72. The molecule has 62 valence electrons. The largest absolute Gasteiger partial charge is 0.355 e. The van der Waals surface area contributed by atoms with Crippen LogP contribution in [-0.2, 0) is 7.05 Å². The maximum atomic E-state index is 11.2. The van der Waals surface area contributed by atoms with Crippen LogP contribution in [0.2, 0.25) is 0 Å². The molecule has 0 saturated heterocycles. The van der Waals surface area contributed by atoms with Gasteiger partial charge >= 0.3 is 0 Å². The Labute approximate surface area is 72.9 Å². The van der Waals surface area contributed by atoms with Crippen LogP contribution in [0.4, 0.5) is 0 Å². The van der Waals surface area contributed by atoms with Crippen molar-refractivity contribution in [2.24, 2.45) is 7.05 Å². The minimum Gasteiger partial charge on any atom is -0.355 e. The highest BCUT2D eigenvalue weighted by Gasteiger charge is 2.01. The summed E-state index contributed by atoms with van der Waals surface area (Å²) in [5.41, 5.74) is 1.22. The molecule has 2 aromatic heterocycles. The number of hydrogen-bond acceptors (Lipinski definition) is 2. The molecule has 0 saturated carbocycles. The number of hydrogen-bond donors (Lipinski definition) is 2. The normalized spacial score (nSPS) is 10.8. The summed E-state index contributed by atoms with van der Waals surface area (Å²) in [5.74, 6) is 0. The maximum absolute atomic E-state index is 11.2. The van der Waals surface area contributed by atoms with Crippen molar-refractivity contribution in [1.29, 1.82) is 0 Å². The van der Waals surface area contributed by atoms with Gasteiger partial charge in [-0.1, -0.05) is 0 Å². The molecule has 0 aliphatic carbocycles. The molecule has 0 bridgehead atoms. The van der Waals surface area contributed by atoms with Crippen LogP contribution in [0.3, 0.4) is 0 Å². The van der Waals surface area contributed by atoms with E-state index in [9.17, 15) is 4.79 Å². The third kappa shape index (κ3) is 0.831. The summed E-state index contributed by atoms with van der Waals surface area (Å²) >= 11 is 4.93. The molecule has 12 heavy (non-hydrogen) atoms. The molecule has 0 atom stereocenters. The van der Waals surface area contributed by atoms with Gasteiger partial charge in [0.2, 0.25) is 0 Å². The van der Waals surface area contributed by atoms with Gasteiger partial charge in [0, 0.05) is 13.2 Å². The van der Waals surface area contributed by atoms with Gasteiger partial charge in [-0.2, -0.15) is 0 Å². The topological polar surface area (TPSA) is 53.6 Å². The van der Waals surface area contributed by atoms with Gasteiger partial charge in [0.1, 0.15) is 5.52 Å². The van der Waals surface area contributed by atoms with Crippen molar-refractivity contribution < 1.29 is 0 Å². The quantitative estimate of drug-likeness (QED) is 0.594. The van der Waals surface area contributed by atoms with Crippen LogP contribution >= 0.6 is 12.2 Å². The minimum atomic E-state index is -0.168. The number of nitrogens with zero attached hydrogens (tertiary/aromatic N) is 1. The van der Waals surface area contributed by atoms with Crippen molar-refractivity contribution in [3.63, 3.8) is 0 Å². The van der Waals surface area contributed by atoms with E-state index in [-0.39, 0.29) is 5.56 Å². The Kier molecular flexibility index (Phi) is 1.41. The monoisotopic (exact) mass is 181 g/mol. The van der Waals surface area contributed by atoms with E-state index in [1.54, 1.807) is 10.8 Å². The molecule has 0 spiro atoms. The highest BCUT2D eigenvalue weighted by Crippen LogP contribution is 2.04. The van der Waals surface area contributed by atoms with E-state index in [2.05, 4.69) is 9.97 Å². The third-order valence-electron chi connectivity index (χ3n) is 1.84. The molecule has 0 amide bonds. The molecule has 5 heteroatoms. The molecule has 2 heterocycles. The van der Waals surface area contributed by atoms with Crippen LogP contribution in [0, 0.1) is 4.77 Å². The molecule has 2 rings (SSSR count). The first-order valence-corrected chi connectivity index (χ1v) is 3.87. The molecule has 2 aromatic rings. The number of fused-ring (bicyclic) bond motifs is 1. The third-order valence-corrected chi connectivity index (χ3v) is 2.21. The summed E-state index contributed by atoms with van der Waals surface area (Å²) in [6.45, 7) is 0. The van der Waals surface area contributed by atoms with Gasteiger partial charge in [-0.15, -0.1) is 0 Å². The highest BCUT2D eigenvalue weighted by molar-refractivity contribution is 7.71. The summed E-state index contributed by atoms with van der Waals surface area (Å²) in [4.78, 5) is 16.6. The van der Waals surface area contributed by atoms with Crippen LogP contribution in [0.1, 0.15) is 0 Å². The van der Waals surface area contributed by atoms with Gasteiger partial charge in [-0.3, -0.25) is 9.78 Å². The van der Waals surface area contributed by atoms with Gasteiger partial charge in [0.15, 0.2) is 4.77 Å². The Morgan fingerprint density at radius 1 is 1.58 bits per heavy atom. The van der Waals surface area contributed by atoms with Gasteiger partial charge in [-0.25, -0.2) is 0 Å². The average Bonchev–Trinajstić information content (AvgIpc) is 2.48. The molecule has 0 fully saturated rings. The fraction of sp³-hybridized carbons (Fsp3) is 0.143. The Bertz CT molecular complexity index is 533. The molecule has 0 unspecified atom stereocenters. The van der Waals surface area contributed by atoms with Gasteiger partial charge in [-0.05, 0) is 18.3 Å². The number of rotatable bonds is 0. The molecule has 4 nitrogen and oxygen atoms in total. The first kappa shape index (κ1) is 7.30. The van der Waals surface area contributed by atoms with E-state index in [4.69, 9.17) is 12.2 Å². The Morgan fingerprint density at radius 2 is 2.33 bits per heavy atom. The summed E-state index contributed by atoms with van der Waals surface area (Å²) in [5, 5.41) is 0. The van der Waals surface area contributed by atoms with Gasteiger partial charge in [0.05, 0.1) is 5.52 Å². The number of aryl methyl sites for hydroxylation is 1. The number of H-pyrrole nitrogens is 2. The van der Waals surface area contributed by atoms with Crippen molar-refractivity contribution in [3.8, 4) is 0 Å². The van der Waals surface area contributed by atoms with Crippen LogP contribution < -0.4 is 5.56 Å². The second-order valence-corrected chi connectivity index (χ2v) is 2.94. The van der Waals surface area contributed by atoms with Crippen molar-refractivity contribution in [2.45, 2.75) is 0 Å². The molecule has 0 aromatic carbocycles. The Hall–Kier alpha value is -1.36. The van der Waals surface area contributed by atoms with Crippen LogP contribution in [0.15, 0.2) is 17.1 Å². The van der Waals surface area contributed by atoms with E-state index in [1.165, 1.54) is 0 Å². The Balaban J connectivity index is 3.18. The SMILES string of the molecule is Cn1c(=S)[nH]c(=O)c2[nH]ccc21. The summed E-state index contributed by atoms with van der Waals surface area (Å²) in [6, 6.07) is 1.82. The van der Waals surface area contributed by atoms with Crippen molar-refractivity contribution in [2.75, 3.05) is 0 Å². The van der Waals surface area contributed by atoms with Crippen molar-refractivity contribution in [1.82, 2.24) is 14.5 Å². The fourth-order valence-corrected chi connectivity index (χ4v) is 1.37. The minimum absolute atomic E-state index is 0.168. The van der Waals surface area contributed by atoms with Crippen LogP contribution in [0.25, 0.3) is 11.0 Å². The Morgan fingerprint density at radius 3 is 3.08 bits per heavy atom. The lowest BCUT2D eigenvalue weighted by Crippen LogP contribution is -2.11. The van der Waals surface area contributed by atoms with E-state index in [0.717, 1.165) is 5.52 Å². The van der Waals surface area contributed by atoms with Crippen LogP contribution in [-0.4, -0.2) is 14.5 Å². The smallest absolute Gasteiger partial charge is 0.276 e. The second-order valence-electron chi connectivity index (χ2n) is 2.56. The predicted molar refractivity (Wildman–Crippen MR) is 48.7 cm³/mol. The summed E-state index contributed by atoms with van der Waals surface area (Å²) < 4.78 is 2.19. The lowest BCUT2D eigenvalue weighted by molar-refractivity contribution is 0.879. The van der Waals surface area contributed by atoms with E-state index in [1.807, 2.05) is 13.1 Å². The van der Waals surface area contributed by atoms with Gasteiger partial charge in [0.25, 0.3) is 5.56 Å². The fourth-order valence-electron chi connectivity index (χ4n) is 1.18. The number of aromatic nitrogens is 3. The van der Waals surface area contributed by atoms with Crippen LogP contribution in [0.5, 0.6) is 0 Å². The lowest BCUT2D eigenvalue weighted by atomic mass is 10.4. The van der Waals surface area contributed by atoms with Gasteiger partial charge < -0.3 is 9.55 Å². The van der Waals surface area contributed by atoms with Crippen molar-refractivity contribution >= 4 is 23.3 Å². The molecule has 0 aliphatic heterocycles. The lowest BCUT2D eigenvalue weighted by Gasteiger charge is -1.98. The number of nitrogens with one attached hydrogen (secondary N) is 2. The first-order chi connectivity index (χ1) is 5.70. The summed E-state index contributed by atoms with van der Waals surface area (Å²) in [7, 11) is 1.81. The molecule has 0 aliphatic rings. The molecule has 2 N–H and O–H groups in total. The van der Waals surface area contributed by atoms with E-state index >= 15 is 0 Å². The second kappa shape index (κ2) is 2.31. The zero-order valence-electron chi connectivity index (χ0n) is 6.42. The maximum Gasteiger partial charge on any atom is 0.276 e. The molecular weight excluding hydrogens is 174 g/mol. The standard InChI is InChI=1S/C7H7N3OS/c1-10-4-2-3-8-5(4)6(11)9-7(10)12/h2-3,8H,1H3,(H,9,11,12). The average molecular weight is 181 g/mol. The zero-order valence-corrected chi connectivity index (χ0v) is 7.23. The van der Waals surface area contributed by atoms with E-state index < -0.39 is 0 Å². The highest BCUT2D eigenvalue weighted by atomic mass is 32.1. The van der Waals surface area contributed by atoms with E-state index in [0.29, 0.717) is 10.3 Å². The number of aromatic amines is 2. The summed E-state index contributed by atoms with van der Waals surface area (Å²) in [6.07, 6.45) is 1.72. The molecular formula is C7H7N3OS. The predicted octanol–water partition coefficient (Wildman–Crippen LogP) is 0.924. The van der Waals surface area contributed by atoms with Crippen molar-refractivity contribution in [3.05, 3.63) is 27.4 Å². The molecule has 0 radical (unpaired) electrons.